The van der Waals surface area contributed by atoms with Gasteiger partial charge in [0.2, 0.25) is 5.88 Å². The Bertz CT molecular complexity index is 346. The molecule has 0 aromatic carbocycles. The van der Waals surface area contributed by atoms with Gasteiger partial charge in [0.1, 0.15) is 5.69 Å². The predicted molar refractivity (Wildman–Crippen MR) is 65.1 cm³/mol. The minimum atomic E-state index is -0.0336. The van der Waals surface area contributed by atoms with Crippen molar-refractivity contribution in [1.29, 1.82) is 0 Å². The van der Waals surface area contributed by atoms with Crippen LogP contribution in [0, 0.1) is 0 Å². The zero-order valence-electron chi connectivity index (χ0n) is 9.03. The molecule has 1 aromatic heterocycles. The zero-order valence-corrected chi connectivity index (χ0v) is 9.84. The van der Waals surface area contributed by atoms with Crippen LogP contribution in [0.2, 0.25) is 0 Å². The summed E-state index contributed by atoms with van der Waals surface area (Å²) in [4.78, 5) is 7.72. The minimum absolute atomic E-state index is 0.0336. The highest BCUT2D eigenvalue weighted by atomic mass is 32.1. The summed E-state index contributed by atoms with van der Waals surface area (Å²) >= 11 is 4.91. The van der Waals surface area contributed by atoms with Gasteiger partial charge in [-0.25, -0.2) is 4.98 Å². The largest absolute Gasteiger partial charge is 0.492 e. The van der Waals surface area contributed by atoms with Gasteiger partial charge in [-0.1, -0.05) is 0 Å². The third kappa shape index (κ3) is 4.37. The van der Waals surface area contributed by atoms with Crippen LogP contribution < -0.4 is 16.0 Å². The Morgan fingerprint density at radius 1 is 1.38 bits per heavy atom. The van der Waals surface area contributed by atoms with E-state index in [0.29, 0.717) is 23.9 Å². The molecule has 88 valence electrons. The second kappa shape index (κ2) is 6.91. The Labute approximate surface area is 99.5 Å². The van der Waals surface area contributed by atoms with Crippen LogP contribution >= 0.6 is 12.2 Å². The molecule has 0 atom stereocenters. The fourth-order valence-corrected chi connectivity index (χ4v) is 1.15. The molecule has 1 rings (SSSR count). The molecule has 0 spiro atoms. The molecule has 4 N–H and O–H groups in total. The lowest BCUT2D eigenvalue weighted by Crippen LogP contribution is -2.37. The average Bonchev–Trinajstić information content (AvgIpc) is 2.30. The zero-order chi connectivity index (χ0) is 11.8. The molecule has 0 amide bonds. The maximum absolute atomic E-state index is 9.33. The van der Waals surface area contributed by atoms with Crippen molar-refractivity contribution >= 4 is 17.3 Å². The van der Waals surface area contributed by atoms with Crippen LogP contribution in [0.25, 0.3) is 0 Å². The molecule has 0 unspecified atom stereocenters. The van der Waals surface area contributed by atoms with Crippen molar-refractivity contribution in [3.8, 4) is 5.88 Å². The van der Waals surface area contributed by atoms with E-state index < -0.39 is 0 Å². The Kier molecular flexibility index (Phi) is 5.44. The number of hydrogen-bond acceptors (Lipinski definition) is 5. The van der Waals surface area contributed by atoms with E-state index in [9.17, 15) is 5.11 Å². The van der Waals surface area contributed by atoms with E-state index in [2.05, 4.69) is 25.9 Å². The molecular formula is C9H15N5OS. The molecule has 6 nitrogen and oxygen atoms in total. The molecule has 0 radical (unpaired) electrons. The number of aromatic hydroxyl groups is 1. The van der Waals surface area contributed by atoms with E-state index in [1.807, 2.05) is 0 Å². The third-order valence-electron chi connectivity index (χ3n) is 1.86. The Morgan fingerprint density at radius 2 is 2.12 bits per heavy atom. The van der Waals surface area contributed by atoms with E-state index in [1.165, 1.54) is 6.20 Å². The first-order valence-corrected chi connectivity index (χ1v) is 5.30. The van der Waals surface area contributed by atoms with Crippen LogP contribution in [-0.2, 0) is 6.54 Å². The van der Waals surface area contributed by atoms with Gasteiger partial charge in [-0.2, -0.15) is 0 Å². The fraction of sp³-hybridized carbons (Fsp3) is 0.444. The molecule has 1 heterocycles. The van der Waals surface area contributed by atoms with Gasteiger partial charge in [0.15, 0.2) is 5.11 Å². The first-order valence-electron chi connectivity index (χ1n) is 4.89. The summed E-state index contributed by atoms with van der Waals surface area (Å²) in [6.07, 6.45) is 3.00. The highest BCUT2D eigenvalue weighted by molar-refractivity contribution is 7.80. The third-order valence-corrected chi connectivity index (χ3v) is 2.21. The SMILES string of the molecule is CNC(=S)NCCNCc1nccnc1O. The molecule has 0 aliphatic rings. The van der Waals surface area contributed by atoms with E-state index in [4.69, 9.17) is 12.2 Å². The van der Waals surface area contributed by atoms with Crippen LogP contribution in [0.3, 0.4) is 0 Å². The van der Waals surface area contributed by atoms with Gasteiger partial charge in [0.25, 0.3) is 0 Å². The van der Waals surface area contributed by atoms with Crippen molar-refractivity contribution < 1.29 is 5.11 Å². The second-order valence-electron chi connectivity index (χ2n) is 3.01. The lowest BCUT2D eigenvalue weighted by atomic mass is 10.4. The molecule has 0 fully saturated rings. The van der Waals surface area contributed by atoms with Gasteiger partial charge in [-0.05, 0) is 12.2 Å². The number of nitrogens with zero attached hydrogens (tertiary/aromatic N) is 2. The van der Waals surface area contributed by atoms with E-state index >= 15 is 0 Å². The van der Waals surface area contributed by atoms with E-state index in [1.54, 1.807) is 13.2 Å². The topological polar surface area (TPSA) is 82.1 Å². The van der Waals surface area contributed by atoms with Crippen LogP contribution in [0.1, 0.15) is 5.69 Å². The standard InChI is InChI=1S/C9H15N5OS/c1-10-9(16)14-3-2-11-6-7-8(15)13-5-4-12-7/h4-5,11H,2-3,6H2,1H3,(H,13,15)(H2,10,14,16). The Hall–Kier alpha value is -1.47. The van der Waals surface area contributed by atoms with Gasteiger partial charge in [0.05, 0.1) is 0 Å². The van der Waals surface area contributed by atoms with Crippen LogP contribution in [-0.4, -0.2) is 40.3 Å². The first-order chi connectivity index (χ1) is 7.74. The monoisotopic (exact) mass is 241 g/mol. The molecule has 16 heavy (non-hydrogen) atoms. The second-order valence-corrected chi connectivity index (χ2v) is 3.42. The quantitative estimate of drug-likeness (QED) is 0.403. The molecule has 0 saturated heterocycles. The lowest BCUT2D eigenvalue weighted by molar-refractivity contribution is 0.437. The fourth-order valence-electron chi connectivity index (χ4n) is 1.04. The van der Waals surface area contributed by atoms with Crippen LogP contribution in [0.4, 0.5) is 0 Å². The Morgan fingerprint density at radius 3 is 2.81 bits per heavy atom. The smallest absolute Gasteiger partial charge is 0.234 e. The normalized spacial score (nSPS) is 9.81. The summed E-state index contributed by atoms with van der Waals surface area (Å²) in [5, 5.41) is 18.9. The Balaban J connectivity index is 2.17. The number of hydrogen-bond donors (Lipinski definition) is 4. The summed E-state index contributed by atoms with van der Waals surface area (Å²) in [5.41, 5.74) is 0.540. The number of nitrogens with one attached hydrogen (secondary N) is 3. The van der Waals surface area contributed by atoms with Gasteiger partial charge < -0.3 is 21.1 Å². The summed E-state index contributed by atoms with van der Waals surface area (Å²) in [6.45, 7) is 1.91. The first kappa shape index (κ1) is 12.6. The van der Waals surface area contributed by atoms with Gasteiger partial charge >= 0.3 is 0 Å². The molecule has 0 bridgehead atoms. The van der Waals surface area contributed by atoms with Gasteiger partial charge in [-0.3, -0.25) is 4.98 Å². The molecule has 0 aliphatic heterocycles. The summed E-state index contributed by atoms with van der Waals surface area (Å²) in [6, 6.07) is 0. The highest BCUT2D eigenvalue weighted by Crippen LogP contribution is 2.06. The van der Waals surface area contributed by atoms with Gasteiger partial charge in [0, 0.05) is 39.1 Å². The molecule has 0 saturated carbocycles. The van der Waals surface area contributed by atoms with Crippen molar-refractivity contribution in [2.45, 2.75) is 6.54 Å². The van der Waals surface area contributed by atoms with Crippen LogP contribution in [0.5, 0.6) is 5.88 Å². The van der Waals surface area contributed by atoms with Crippen LogP contribution in [0.15, 0.2) is 12.4 Å². The predicted octanol–water partition coefficient (Wildman–Crippen LogP) is -0.634. The number of thiocarbonyl (C=S) groups is 1. The van der Waals surface area contributed by atoms with Crippen molar-refractivity contribution in [3.63, 3.8) is 0 Å². The summed E-state index contributed by atoms with van der Waals surface area (Å²) in [5.74, 6) is -0.0336. The highest BCUT2D eigenvalue weighted by Gasteiger charge is 2.01. The van der Waals surface area contributed by atoms with Gasteiger partial charge in [-0.15, -0.1) is 0 Å². The number of aromatic nitrogens is 2. The minimum Gasteiger partial charge on any atom is -0.492 e. The molecule has 1 aromatic rings. The average molecular weight is 241 g/mol. The lowest BCUT2D eigenvalue weighted by Gasteiger charge is -2.08. The number of rotatable bonds is 5. The maximum atomic E-state index is 9.33. The van der Waals surface area contributed by atoms with E-state index in [-0.39, 0.29) is 5.88 Å². The summed E-state index contributed by atoms with van der Waals surface area (Å²) < 4.78 is 0. The van der Waals surface area contributed by atoms with E-state index in [0.717, 1.165) is 6.54 Å². The molecule has 7 heteroatoms. The molecular weight excluding hydrogens is 226 g/mol. The van der Waals surface area contributed by atoms with Crippen molar-refractivity contribution in [3.05, 3.63) is 18.1 Å². The maximum Gasteiger partial charge on any atom is 0.234 e. The van der Waals surface area contributed by atoms with Crippen molar-refractivity contribution in [2.75, 3.05) is 20.1 Å². The van der Waals surface area contributed by atoms with Crippen molar-refractivity contribution in [1.82, 2.24) is 25.9 Å². The van der Waals surface area contributed by atoms with Crippen molar-refractivity contribution in [2.24, 2.45) is 0 Å². The molecule has 0 aliphatic carbocycles. The summed E-state index contributed by atoms with van der Waals surface area (Å²) in [7, 11) is 1.76.